The van der Waals surface area contributed by atoms with E-state index in [0.717, 1.165) is 31.6 Å². The van der Waals surface area contributed by atoms with Gasteiger partial charge >= 0.3 is 0 Å². The van der Waals surface area contributed by atoms with Gasteiger partial charge in [-0.05, 0) is 25.5 Å². The number of carbonyl (C=O) groups excluding carboxylic acids is 1. The number of carbonyl (C=O) groups is 1. The highest BCUT2D eigenvalue weighted by Crippen LogP contribution is 2.22. The molecular formula is C11H15NO2. The van der Waals surface area contributed by atoms with Crippen LogP contribution in [-0.2, 0) is 11.3 Å². The summed E-state index contributed by atoms with van der Waals surface area (Å²) in [4.78, 5) is 10.7. The van der Waals surface area contributed by atoms with Gasteiger partial charge in [-0.2, -0.15) is 0 Å². The highest BCUT2D eigenvalue weighted by molar-refractivity contribution is 5.72. The van der Waals surface area contributed by atoms with Crippen LogP contribution in [0.4, 0.5) is 0 Å². The molecule has 14 heavy (non-hydrogen) atoms. The molecule has 0 saturated carbocycles. The zero-order valence-corrected chi connectivity index (χ0v) is 8.35. The van der Waals surface area contributed by atoms with Crippen molar-refractivity contribution in [1.82, 2.24) is 4.57 Å². The minimum Gasteiger partial charge on any atom is -0.378 e. The van der Waals surface area contributed by atoms with Gasteiger partial charge in [0.25, 0.3) is 0 Å². The van der Waals surface area contributed by atoms with E-state index >= 15 is 0 Å². The van der Waals surface area contributed by atoms with Crippen LogP contribution in [0, 0.1) is 5.92 Å². The Labute approximate surface area is 83.7 Å². The number of ether oxygens (including phenoxy) is 1. The lowest BCUT2D eigenvalue weighted by Gasteiger charge is -2.15. The molecule has 76 valence electrons. The van der Waals surface area contributed by atoms with Gasteiger partial charge in [-0.25, -0.2) is 0 Å². The molecule has 0 spiro atoms. The molecule has 1 aromatic heterocycles. The Balaban J connectivity index is 2.06. The second-order valence-corrected chi connectivity index (χ2v) is 3.83. The van der Waals surface area contributed by atoms with Crippen LogP contribution in [0.3, 0.4) is 0 Å². The van der Waals surface area contributed by atoms with E-state index in [0.29, 0.717) is 12.0 Å². The third-order valence-electron chi connectivity index (χ3n) is 2.95. The molecule has 2 heterocycles. The van der Waals surface area contributed by atoms with E-state index in [9.17, 15) is 4.79 Å². The molecule has 0 aromatic carbocycles. The van der Waals surface area contributed by atoms with Gasteiger partial charge in [-0.3, -0.25) is 4.79 Å². The molecule has 1 saturated heterocycles. The summed E-state index contributed by atoms with van der Waals surface area (Å²) >= 11 is 0. The van der Waals surface area contributed by atoms with Crippen LogP contribution in [0.5, 0.6) is 0 Å². The van der Waals surface area contributed by atoms with E-state index in [1.807, 2.05) is 22.9 Å². The van der Waals surface area contributed by atoms with E-state index < -0.39 is 0 Å². The molecule has 0 N–H and O–H groups in total. The summed E-state index contributed by atoms with van der Waals surface area (Å²) in [5.41, 5.74) is 0.754. The highest BCUT2D eigenvalue weighted by atomic mass is 16.5. The Hall–Kier alpha value is -1.09. The summed E-state index contributed by atoms with van der Waals surface area (Å²) in [6, 6.07) is 3.75. The van der Waals surface area contributed by atoms with Crippen LogP contribution in [-0.4, -0.2) is 23.6 Å². The molecule has 3 nitrogen and oxygen atoms in total. The molecule has 1 fully saturated rings. The fourth-order valence-electron chi connectivity index (χ4n) is 1.97. The van der Waals surface area contributed by atoms with Gasteiger partial charge in [0.1, 0.15) is 0 Å². The molecule has 0 bridgehead atoms. The quantitative estimate of drug-likeness (QED) is 0.684. The van der Waals surface area contributed by atoms with Crippen LogP contribution < -0.4 is 0 Å². The highest BCUT2D eigenvalue weighted by Gasteiger charge is 2.24. The van der Waals surface area contributed by atoms with Crippen molar-refractivity contribution in [2.45, 2.75) is 26.0 Å². The van der Waals surface area contributed by atoms with Gasteiger partial charge in [-0.1, -0.05) is 0 Å². The first-order valence-electron chi connectivity index (χ1n) is 5.03. The van der Waals surface area contributed by atoms with Gasteiger partial charge in [-0.15, -0.1) is 0 Å². The fourth-order valence-corrected chi connectivity index (χ4v) is 1.97. The molecular weight excluding hydrogens is 178 g/mol. The Morgan fingerprint density at radius 1 is 1.71 bits per heavy atom. The monoisotopic (exact) mass is 193 g/mol. The fraction of sp³-hybridized carbons (Fsp3) is 0.545. The van der Waals surface area contributed by atoms with Crippen LogP contribution >= 0.6 is 0 Å². The summed E-state index contributed by atoms with van der Waals surface area (Å²) in [6.07, 6.45) is 4.27. The first-order chi connectivity index (χ1) is 6.81. The topological polar surface area (TPSA) is 31.2 Å². The Kier molecular flexibility index (Phi) is 2.68. The van der Waals surface area contributed by atoms with Crippen molar-refractivity contribution in [2.24, 2.45) is 5.92 Å². The third kappa shape index (κ3) is 1.73. The molecule has 2 rings (SSSR count). The average molecular weight is 193 g/mol. The number of rotatable bonds is 3. The molecule has 1 aliphatic rings. The van der Waals surface area contributed by atoms with Crippen molar-refractivity contribution in [2.75, 3.05) is 6.61 Å². The molecule has 1 aromatic rings. The first-order valence-corrected chi connectivity index (χ1v) is 5.03. The number of nitrogens with zero attached hydrogens (tertiary/aromatic N) is 1. The molecule has 1 aliphatic heterocycles. The predicted octanol–water partition coefficient (Wildman–Crippen LogP) is 1.73. The number of aldehydes is 1. The molecule has 3 heteroatoms. The normalized spacial score (nSPS) is 26.6. The maximum absolute atomic E-state index is 10.7. The van der Waals surface area contributed by atoms with Crippen molar-refractivity contribution < 1.29 is 9.53 Å². The second-order valence-electron chi connectivity index (χ2n) is 3.83. The second kappa shape index (κ2) is 3.96. The Morgan fingerprint density at radius 3 is 3.21 bits per heavy atom. The van der Waals surface area contributed by atoms with Gasteiger partial charge in [0.15, 0.2) is 6.29 Å². The van der Waals surface area contributed by atoms with Crippen LogP contribution in [0.2, 0.25) is 0 Å². The Morgan fingerprint density at radius 2 is 2.57 bits per heavy atom. The van der Waals surface area contributed by atoms with Crippen LogP contribution in [0.25, 0.3) is 0 Å². The van der Waals surface area contributed by atoms with Gasteiger partial charge in [0, 0.05) is 25.3 Å². The number of aromatic nitrogens is 1. The van der Waals surface area contributed by atoms with E-state index in [-0.39, 0.29) is 0 Å². The van der Waals surface area contributed by atoms with E-state index in [1.165, 1.54) is 0 Å². The minimum atomic E-state index is 0.317. The summed E-state index contributed by atoms with van der Waals surface area (Å²) < 4.78 is 7.49. The smallest absolute Gasteiger partial charge is 0.166 e. The maximum Gasteiger partial charge on any atom is 0.166 e. The van der Waals surface area contributed by atoms with Crippen molar-refractivity contribution >= 4 is 6.29 Å². The summed E-state index contributed by atoms with van der Waals surface area (Å²) in [7, 11) is 0. The SMILES string of the molecule is CC1OCCC1Cn1cccc1C=O. The molecule has 2 atom stereocenters. The standard InChI is InChI=1S/C11H15NO2/c1-9-10(4-6-14-9)7-12-5-2-3-11(12)8-13/h2-3,5,8-10H,4,6-7H2,1H3. The summed E-state index contributed by atoms with van der Waals surface area (Å²) in [6.45, 7) is 3.84. The molecule has 0 amide bonds. The maximum atomic E-state index is 10.7. The largest absolute Gasteiger partial charge is 0.378 e. The third-order valence-corrected chi connectivity index (χ3v) is 2.95. The minimum absolute atomic E-state index is 0.317. The summed E-state index contributed by atoms with van der Waals surface area (Å²) in [5.74, 6) is 0.543. The zero-order valence-electron chi connectivity index (χ0n) is 8.35. The average Bonchev–Trinajstić information content (AvgIpc) is 2.77. The van der Waals surface area contributed by atoms with E-state index in [4.69, 9.17) is 4.74 Å². The first kappa shape index (κ1) is 9.46. The molecule has 2 unspecified atom stereocenters. The van der Waals surface area contributed by atoms with Gasteiger partial charge < -0.3 is 9.30 Å². The van der Waals surface area contributed by atoms with Crippen LogP contribution in [0.15, 0.2) is 18.3 Å². The van der Waals surface area contributed by atoms with Gasteiger partial charge in [0.2, 0.25) is 0 Å². The Bertz CT molecular complexity index is 319. The lowest BCUT2D eigenvalue weighted by Crippen LogP contribution is -2.18. The lowest BCUT2D eigenvalue weighted by molar-refractivity contribution is 0.100. The predicted molar refractivity (Wildman–Crippen MR) is 53.3 cm³/mol. The van der Waals surface area contributed by atoms with Crippen molar-refractivity contribution in [1.29, 1.82) is 0 Å². The van der Waals surface area contributed by atoms with E-state index in [2.05, 4.69) is 6.92 Å². The molecule has 0 radical (unpaired) electrons. The van der Waals surface area contributed by atoms with Crippen LogP contribution in [0.1, 0.15) is 23.8 Å². The van der Waals surface area contributed by atoms with E-state index in [1.54, 1.807) is 0 Å². The number of hydrogen-bond donors (Lipinski definition) is 0. The molecule has 0 aliphatic carbocycles. The zero-order chi connectivity index (χ0) is 9.97. The van der Waals surface area contributed by atoms with Crippen molar-refractivity contribution in [3.05, 3.63) is 24.0 Å². The number of hydrogen-bond acceptors (Lipinski definition) is 2. The van der Waals surface area contributed by atoms with Crippen molar-refractivity contribution in [3.8, 4) is 0 Å². The van der Waals surface area contributed by atoms with Crippen molar-refractivity contribution in [3.63, 3.8) is 0 Å². The lowest BCUT2D eigenvalue weighted by atomic mass is 10.0. The summed E-state index contributed by atoms with van der Waals surface area (Å²) in [5, 5.41) is 0. The van der Waals surface area contributed by atoms with Gasteiger partial charge in [0.05, 0.1) is 11.8 Å².